The van der Waals surface area contributed by atoms with Crippen molar-refractivity contribution in [1.82, 2.24) is 0 Å². The molecule has 2 rings (SSSR count). The third-order valence-electron chi connectivity index (χ3n) is 2.82. The van der Waals surface area contributed by atoms with Crippen LogP contribution in [0.25, 0.3) is 0 Å². The number of nitro benzene ring substituents is 1. The predicted molar refractivity (Wildman–Crippen MR) is 88.3 cm³/mol. The number of hydrogen-bond donors (Lipinski definition) is 2. The summed E-state index contributed by atoms with van der Waals surface area (Å²) < 4.78 is 72.5. The first-order chi connectivity index (χ1) is 12.1. The Kier molecular flexibility index (Phi) is 7.11. The minimum absolute atomic E-state index is 0.0761. The Labute approximate surface area is 163 Å². The van der Waals surface area contributed by atoms with E-state index in [9.17, 15) is 36.5 Å². The molecule has 2 N–H and O–H groups in total. The molecule has 0 unspecified atom stereocenters. The third kappa shape index (κ3) is 6.27. The number of phenolic OH excluding ortho intramolecular Hbond substituents is 2. The summed E-state index contributed by atoms with van der Waals surface area (Å²) in [6.07, 6.45) is -9.11. The van der Waals surface area contributed by atoms with Gasteiger partial charge in [0.15, 0.2) is 5.75 Å². The van der Waals surface area contributed by atoms with Gasteiger partial charge >= 0.3 is 18.0 Å². The van der Waals surface area contributed by atoms with E-state index < -0.39 is 50.1 Å². The second-order valence-electron chi connectivity index (χ2n) is 4.74. The Bertz CT molecular complexity index is 855. The highest BCUT2D eigenvalue weighted by Crippen LogP contribution is 2.40. The quantitative estimate of drug-likeness (QED) is 0.261. The van der Waals surface area contributed by atoms with Crippen molar-refractivity contribution in [1.29, 1.82) is 0 Å². The molecule has 0 aliphatic rings. The lowest BCUT2D eigenvalue weighted by molar-refractivity contribution is -0.386. The summed E-state index contributed by atoms with van der Waals surface area (Å²) in [5, 5.41) is 28.0. The minimum Gasteiger partial charge on any atom is -0.508 e. The summed E-state index contributed by atoms with van der Waals surface area (Å²) >= 11 is 5.28. The summed E-state index contributed by atoms with van der Waals surface area (Å²) in [6.45, 7) is 0. The molecule has 0 radical (unpaired) electrons. The molecule has 0 aliphatic carbocycles. The van der Waals surface area contributed by atoms with Crippen LogP contribution in [-0.4, -0.2) is 15.1 Å². The summed E-state index contributed by atoms with van der Waals surface area (Å²) in [5.41, 5.74) is -2.82. The summed E-state index contributed by atoms with van der Waals surface area (Å²) in [7, 11) is 0. The van der Waals surface area contributed by atoms with Crippen LogP contribution >= 0.6 is 31.9 Å². The predicted octanol–water partition coefficient (Wildman–Crippen LogP) is 6.26. The van der Waals surface area contributed by atoms with Crippen LogP contribution in [0, 0.1) is 10.1 Å². The number of aromatic hydroxyl groups is 2. The first kappa shape index (κ1) is 23.0. The maximum atomic E-state index is 12.3. The van der Waals surface area contributed by atoms with E-state index in [-0.39, 0.29) is 4.47 Å². The van der Waals surface area contributed by atoms with Crippen LogP contribution in [0.2, 0.25) is 0 Å². The molecule has 148 valence electrons. The van der Waals surface area contributed by atoms with Crippen molar-refractivity contribution < 1.29 is 41.5 Å². The van der Waals surface area contributed by atoms with E-state index in [1.807, 2.05) is 0 Å². The normalized spacial score (nSPS) is 11.6. The molecule has 0 heterocycles. The summed E-state index contributed by atoms with van der Waals surface area (Å²) in [6, 6.07) is 3.92. The maximum Gasteiger partial charge on any atom is 0.417 e. The SMILES string of the molecule is O=[N+]([O-])c1cc(Br)c(C(F)(F)F)cc1O.Oc1ccc(Br)c(C(F)(F)F)c1. The second-order valence-corrected chi connectivity index (χ2v) is 6.45. The van der Waals surface area contributed by atoms with E-state index in [2.05, 4.69) is 31.9 Å². The molecule has 0 saturated heterocycles. The number of hydrogen-bond acceptors (Lipinski definition) is 4. The van der Waals surface area contributed by atoms with Crippen molar-refractivity contribution in [3.8, 4) is 11.5 Å². The summed E-state index contributed by atoms with van der Waals surface area (Å²) in [4.78, 5) is 9.31. The Balaban J connectivity index is 0.000000277. The number of nitrogens with zero attached hydrogens (tertiary/aromatic N) is 1. The summed E-state index contributed by atoms with van der Waals surface area (Å²) in [5.74, 6) is -1.42. The van der Waals surface area contributed by atoms with E-state index in [0.29, 0.717) is 18.2 Å². The average Bonchev–Trinajstić information content (AvgIpc) is 2.50. The van der Waals surface area contributed by atoms with Crippen molar-refractivity contribution in [3.05, 3.63) is 60.5 Å². The van der Waals surface area contributed by atoms with Gasteiger partial charge in [-0.3, -0.25) is 10.1 Å². The van der Waals surface area contributed by atoms with Crippen molar-refractivity contribution in [2.75, 3.05) is 0 Å². The lowest BCUT2D eigenvalue weighted by Crippen LogP contribution is -2.06. The van der Waals surface area contributed by atoms with Gasteiger partial charge in [0.1, 0.15) is 5.75 Å². The van der Waals surface area contributed by atoms with Crippen LogP contribution in [0.5, 0.6) is 11.5 Å². The molecule has 0 bridgehead atoms. The van der Waals surface area contributed by atoms with Gasteiger partial charge in [-0.05, 0) is 34.1 Å². The first-order valence-electron chi connectivity index (χ1n) is 6.44. The Hall–Kier alpha value is -2.02. The van der Waals surface area contributed by atoms with Gasteiger partial charge in [-0.2, -0.15) is 26.3 Å². The number of nitro groups is 1. The lowest BCUT2D eigenvalue weighted by atomic mass is 10.2. The molecule has 5 nitrogen and oxygen atoms in total. The number of rotatable bonds is 1. The molecule has 13 heteroatoms. The van der Waals surface area contributed by atoms with Gasteiger partial charge in [0, 0.05) is 21.1 Å². The molecular weight excluding hydrogens is 520 g/mol. The van der Waals surface area contributed by atoms with Gasteiger partial charge in [0.05, 0.1) is 16.1 Å². The molecule has 2 aromatic rings. The molecule has 2 aromatic carbocycles. The molecule has 0 amide bonds. The smallest absolute Gasteiger partial charge is 0.417 e. The standard InChI is InChI=1S/C7H3BrF3NO3.C7H4BrF3O/c8-4-2-5(12(14)15)6(13)1-3(4)7(9,10)11;8-6-2-1-4(12)3-5(6)7(9,10)11/h1-2,13H;1-3,12H. The Morgan fingerprint density at radius 2 is 1.33 bits per heavy atom. The fourth-order valence-electron chi connectivity index (χ4n) is 1.65. The van der Waals surface area contributed by atoms with E-state index in [1.54, 1.807) is 0 Å². The molecule has 27 heavy (non-hydrogen) atoms. The van der Waals surface area contributed by atoms with Crippen molar-refractivity contribution in [2.45, 2.75) is 12.4 Å². The van der Waals surface area contributed by atoms with Crippen LogP contribution in [0.3, 0.4) is 0 Å². The molecule has 0 aromatic heterocycles. The van der Waals surface area contributed by atoms with Crippen LogP contribution in [0.15, 0.2) is 39.3 Å². The van der Waals surface area contributed by atoms with E-state index in [4.69, 9.17) is 10.2 Å². The maximum absolute atomic E-state index is 12.3. The number of benzene rings is 2. The molecule has 0 spiro atoms. The fraction of sp³-hybridized carbons (Fsp3) is 0.143. The van der Waals surface area contributed by atoms with E-state index in [0.717, 1.165) is 6.07 Å². The van der Waals surface area contributed by atoms with Gasteiger partial charge in [-0.1, -0.05) is 15.9 Å². The van der Waals surface area contributed by atoms with Gasteiger partial charge in [-0.15, -0.1) is 0 Å². The highest BCUT2D eigenvalue weighted by Gasteiger charge is 2.35. The van der Waals surface area contributed by atoms with Gasteiger partial charge in [0.2, 0.25) is 0 Å². The van der Waals surface area contributed by atoms with Crippen LogP contribution in [0.1, 0.15) is 11.1 Å². The minimum atomic E-state index is -4.68. The van der Waals surface area contributed by atoms with Crippen molar-refractivity contribution in [2.24, 2.45) is 0 Å². The Morgan fingerprint density at radius 1 is 0.852 bits per heavy atom. The highest BCUT2D eigenvalue weighted by molar-refractivity contribution is 9.10. The van der Waals surface area contributed by atoms with Crippen molar-refractivity contribution in [3.63, 3.8) is 0 Å². The number of alkyl halides is 6. The zero-order valence-electron chi connectivity index (χ0n) is 12.6. The van der Waals surface area contributed by atoms with Gasteiger partial charge in [-0.25, -0.2) is 0 Å². The third-order valence-corrected chi connectivity index (χ3v) is 4.17. The molecule has 0 saturated carbocycles. The van der Waals surface area contributed by atoms with Crippen LogP contribution in [-0.2, 0) is 12.4 Å². The largest absolute Gasteiger partial charge is 0.508 e. The molecule has 0 aliphatic heterocycles. The molecule has 0 atom stereocenters. The van der Waals surface area contributed by atoms with E-state index >= 15 is 0 Å². The van der Waals surface area contributed by atoms with Gasteiger partial charge in [0.25, 0.3) is 0 Å². The van der Waals surface area contributed by atoms with Crippen molar-refractivity contribution >= 4 is 37.5 Å². The second kappa shape index (κ2) is 8.33. The molecule has 0 fully saturated rings. The van der Waals surface area contributed by atoms with Crippen LogP contribution < -0.4 is 0 Å². The zero-order chi connectivity index (χ0) is 21.2. The Morgan fingerprint density at radius 3 is 1.74 bits per heavy atom. The number of phenols is 2. The number of halogens is 8. The monoisotopic (exact) mass is 525 g/mol. The van der Waals surface area contributed by atoms with Gasteiger partial charge < -0.3 is 10.2 Å². The highest BCUT2D eigenvalue weighted by atomic mass is 79.9. The fourth-order valence-corrected chi connectivity index (χ4v) is 2.67. The first-order valence-corrected chi connectivity index (χ1v) is 8.03. The average molecular weight is 527 g/mol. The van der Waals surface area contributed by atoms with Crippen LogP contribution in [0.4, 0.5) is 32.0 Å². The van der Waals surface area contributed by atoms with E-state index in [1.165, 1.54) is 6.07 Å². The zero-order valence-corrected chi connectivity index (χ0v) is 15.7. The molecular formula is C14H7Br2F6NO4. The topological polar surface area (TPSA) is 83.6 Å². The lowest BCUT2D eigenvalue weighted by Gasteiger charge is -2.09.